The summed E-state index contributed by atoms with van der Waals surface area (Å²) in [6, 6.07) is 5.96. The second-order valence-electron chi connectivity index (χ2n) is 5.59. The van der Waals surface area contributed by atoms with Crippen molar-refractivity contribution in [3.05, 3.63) is 23.8 Å². The van der Waals surface area contributed by atoms with Gasteiger partial charge in [-0.15, -0.1) is 0 Å². The topological polar surface area (TPSA) is 61.9 Å². The van der Waals surface area contributed by atoms with Crippen molar-refractivity contribution >= 4 is 23.2 Å². The van der Waals surface area contributed by atoms with Crippen molar-refractivity contribution in [3.8, 4) is 0 Å². The lowest BCUT2D eigenvalue weighted by molar-refractivity contribution is -0.123. The third-order valence-corrected chi connectivity index (χ3v) is 3.91. The summed E-state index contributed by atoms with van der Waals surface area (Å²) in [6.07, 6.45) is 0. The first-order chi connectivity index (χ1) is 11.4. The van der Waals surface area contributed by atoms with Gasteiger partial charge in [-0.25, -0.2) is 0 Å². The Kier molecular flexibility index (Phi) is 8.26. The summed E-state index contributed by atoms with van der Waals surface area (Å²) in [6.45, 7) is 10.4. The zero-order chi connectivity index (χ0) is 18.1. The van der Waals surface area contributed by atoms with Crippen LogP contribution in [0.5, 0.6) is 0 Å². The van der Waals surface area contributed by atoms with Crippen LogP contribution in [0.3, 0.4) is 0 Å². The molecular formula is C18H29N3O3. The number of methoxy groups -OCH3 is 1. The molecule has 6 nitrogen and oxygen atoms in total. The van der Waals surface area contributed by atoms with Gasteiger partial charge in [-0.3, -0.25) is 9.59 Å². The fourth-order valence-corrected chi connectivity index (χ4v) is 2.59. The molecule has 0 saturated carbocycles. The lowest BCUT2D eigenvalue weighted by atomic mass is 10.1. The van der Waals surface area contributed by atoms with Crippen LogP contribution >= 0.6 is 0 Å². The SMILES string of the molecule is CCN(CC)c1ccc(N(CC(=O)NCCOC)C(C)=O)c(C)c1. The molecule has 6 heteroatoms. The number of hydrogen-bond acceptors (Lipinski definition) is 4. The maximum absolute atomic E-state index is 12.0. The number of ether oxygens (including phenoxy) is 1. The predicted octanol–water partition coefficient (Wildman–Crippen LogP) is 1.96. The van der Waals surface area contributed by atoms with Crippen LogP contribution in [0.1, 0.15) is 26.3 Å². The molecule has 1 rings (SSSR count). The third kappa shape index (κ3) is 5.53. The summed E-state index contributed by atoms with van der Waals surface area (Å²) in [5.41, 5.74) is 2.86. The number of aryl methyl sites for hydroxylation is 1. The average molecular weight is 335 g/mol. The zero-order valence-corrected chi connectivity index (χ0v) is 15.4. The fourth-order valence-electron chi connectivity index (χ4n) is 2.59. The predicted molar refractivity (Wildman–Crippen MR) is 97.7 cm³/mol. The number of carbonyl (C=O) groups is 2. The zero-order valence-electron chi connectivity index (χ0n) is 15.4. The Morgan fingerprint density at radius 3 is 2.38 bits per heavy atom. The van der Waals surface area contributed by atoms with E-state index < -0.39 is 0 Å². The molecule has 0 atom stereocenters. The van der Waals surface area contributed by atoms with Gasteiger partial charge >= 0.3 is 0 Å². The molecule has 0 heterocycles. The molecule has 0 aliphatic rings. The third-order valence-electron chi connectivity index (χ3n) is 3.91. The van der Waals surface area contributed by atoms with Crippen LogP contribution in [0.25, 0.3) is 0 Å². The summed E-state index contributed by atoms with van der Waals surface area (Å²) in [4.78, 5) is 27.8. The Balaban J connectivity index is 2.92. The monoisotopic (exact) mass is 335 g/mol. The number of hydrogen-bond donors (Lipinski definition) is 1. The highest BCUT2D eigenvalue weighted by molar-refractivity contribution is 5.98. The highest BCUT2D eigenvalue weighted by Gasteiger charge is 2.18. The molecule has 0 saturated heterocycles. The Morgan fingerprint density at radius 2 is 1.88 bits per heavy atom. The fraction of sp³-hybridized carbons (Fsp3) is 0.556. The smallest absolute Gasteiger partial charge is 0.240 e. The van der Waals surface area contributed by atoms with E-state index >= 15 is 0 Å². The normalized spacial score (nSPS) is 10.4. The summed E-state index contributed by atoms with van der Waals surface area (Å²) in [5.74, 6) is -0.356. The van der Waals surface area contributed by atoms with Crippen LogP contribution in [0.15, 0.2) is 18.2 Å². The minimum Gasteiger partial charge on any atom is -0.383 e. The molecule has 2 amide bonds. The average Bonchev–Trinajstić information content (AvgIpc) is 2.54. The first-order valence-corrected chi connectivity index (χ1v) is 8.33. The van der Waals surface area contributed by atoms with E-state index in [1.54, 1.807) is 7.11 Å². The standard InChI is InChI=1S/C18H29N3O3/c1-6-20(7-2)16-8-9-17(14(3)12-16)21(15(4)22)13-18(23)19-10-11-24-5/h8-9,12H,6-7,10-11,13H2,1-5H3,(H,19,23). The van der Waals surface area contributed by atoms with Crippen LogP contribution in [-0.2, 0) is 14.3 Å². The maximum atomic E-state index is 12.0. The Labute approximate surface area is 144 Å². The van der Waals surface area contributed by atoms with Gasteiger partial charge in [0, 0.05) is 45.0 Å². The molecule has 0 unspecified atom stereocenters. The Morgan fingerprint density at radius 1 is 1.21 bits per heavy atom. The number of carbonyl (C=O) groups excluding carboxylic acids is 2. The molecule has 0 aromatic heterocycles. The second kappa shape index (κ2) is 9.93. The highest BCUT2D eigenvalue weighted by Crippen LogP contribution is 2.25. The number of nitrogens with zero attached hydrogens (tertiary/aromatic N) is 2. The van der Waals surface area contributed by atoms with Gasteiger partial charge in [0.25, 0.3) is 0 Å². The molecule has 0 spiro atoms. The number of rotatable bonds is 9. The number of nitrogens with one attached hydrogen (secondary N) is 1. The number of benzene rings is 1. The lowest BCUT2D eigenvalue weighted by Gasteiger charge is -2.26. The molecule has 0 fully saturated rings. The first kappa shape index (κ1) is 20.0. The molecule has 1 aromatic carbocycles. The van der Waals surface area contributed by atoms with Gasteiger partial charge in [-0.05, 0) is 44.5 Å². The van der Waals surface area contributed by atoms with Crippen LogP contribution < -0.4 is 15.1 Å². The van der Waals surface area contributed by atoms with Gasteiger partial charge in [0.15, 0.2) is 0 Å². The van der Waals surface area contributed by atoms with Crippen molar-refractivity contribution in [2.75, 3.05) is 49.7 Å². The Hall–Kier alpha value is -2.08. The number of anilines is 2. The van der Waals surface area contributed by atoms with Crippen molar-refractivity contribution in [2.24, 2.45) is 0 Å². The molecular weight excluding hydrogens is 306 g/mol. The van der Waals surface area contributed by atoms with Gasteiger partial charge in [0.05, 0.1) is 6.61 Å². The molecule has 24 heavy (non-hydrogen) atoms. The van der Waals surface area contributed by atoms with Gasteiger partial charge in [-0.2, -0.15) is 0 Å². The van der Waals surface area contributed by atoms with Crippen LogP contribution in [0.2, 0.25) is 0 Å². The van der Waals surface area contributed by atoms with E-state index in [1.165, 1.54) is 11.8 Å². The van der Waals surface area contributed by atoms with E-state index in [2.05, 4.69) is 30.1 Å². The first-order valence-electron chi connectivity index (χ1n) is 8.33. The minimum absolute atomic E-state index is 0.00447. The van der Waals surface area contributed by atoms with Gasteiger partial charge < -0.3 is 19.9 Å². The summed E-state index contributed by atoms with van der Waals surface area (Å²) in [7, 11) is 1.58. The van der Waals surface area contributed by atoms with E-state index in [1.807, 2.05) is 19.1 Å². The molecule has 0 bridgehead atoms. The number of amides is 2. The van der Waals surface area contributed by atoms with Crippen LogP contribution in [0, 0.1) is 6.92 Å². The summed E-state index contributed by atoms with van der Waals surface area (Å²) in [5, 5.41) is 2.74. The van der Waals surface area contributed by atoms with Crippen molar-refractivity contribution < 1.29 is 14.3 Å². The minimum atomic E-state index is -0.200. The van der Waals surface area contributed by atoms with Gasteiger partial charge in [0.2, 0.25) is 11.8 Å². The summed E-state index contributed by atoms with van der Waals surface area (Å²) < 4.78 is 4.91. The quantitative estimate of drug-likeness (QED) is 0.701. The molecule has 1 N–H and O–H groups in total. The van der Waals surface area contributed by atoms with E-state index in [9.17, 15) is 9.59 Å². The van der Waals surface area contributed by atoms with E-state index in [0.29, 0.717) is 13.2 Å². The highest BCUT2D eigenvalue weighted by atomic mass is 16.5. The molecule has 0 aliphatic carbocycles. The van der Waals surface area contributed by atoms with Crippen LogP contribution in [-0.4, -0.2) is 51.7 Å². The van der Waals surface area contributed by atoms with E-state index in [4.69, 9.17) is 4.74 Å². The summed E-state index contributed by atoms with van der Waals surface area (Å²) >= 11 is 0. The van der Waals surface area contributed by atoms with Crippen molar-refractivity contribution in [1.29, 1.82) is 0 Å². The van der Waals surface area contributed by atoms with Crippen molar-refractivity contribution in [3.63, 3.8) is 0 Å². The van der Waals surface area contributed by atoms with Gasteiger partial charge in [-0.1, -0.05) is 0 Å². The Bertz CT molecular complexity index is 556. The van der Waals surface area contributed by atoms with E-state index in [0.717, 1.165) is 30.0 Å². The van der Waals surface area contributed by atoms with Crippen molar-refractivity contribution in [1.82, 2.24) is 5.32 Å². The molecule has 0 aliphatic heterocycles. The largest absolute Gasteiger partial charge is 0.383 e. The molecule has 0 radical (unpaired) electrons. The lowest BCUT2D eigenvalue weighted by Crippen LogP contribution is -2.41. The van der Waals surface area contributed by atoms with Crippen molar-refractivity contribution in [2.45, 2.75) is 27.7 Å². The maximum Gasteiger partial charge on any atom is 0.240 e. The molecule has 1 aromatic rings. The second-order valence-corrected chi connectivity index (χ2v) is 5.59. The van der Waals surface area contributed by atoms with E-state index in [-0.39, 0.29) is 18.4 Å². The van der Waals surface area contributed by atoms with Crippen LogP contribution in [0.4, 0.5) is 11.4 Å². The van der Waals surface area contributed by atoms with Gasteiger partial charge in [0.1, 0.15) is 6.54 Å². The molecule has 134 valence electrons.